The van der Waals surface area contributed by atoms with Gasteiger partial charge in [-0.25, -0.2) is 0 Å². The summed E-state index contributed by atoms with van der Waals surface area (Å²) in [4.78, 5) is 11.7. The van der Waals surface area contributed by atoms with E-state index in [1.807, 2.05) is 25.1 Å². The van der Waals surface area contributed by atoms with Gasteiger partial charge in [-0.3, -0.25) is 0 Å². The summed E-state index contributed by atoms with van der Waals surface area (Å²) in [5.41, 5.74) is 2.68. The second kappa shape index (κ2) is 8.91. The van der Waals surface area contributed by atoms with Crippen LogP contribution in [0.1, 0.15) is 43.5 Å². The minimum Gasteiger partial charge on any atom is -0.548 e. The Morgan fingerprint density at radius 3 is 2.46 bits per heavy atom. The molecule has 0 spiro atoms. The molecule has 0 amide bonds. The lowest BCUT2D eigenvalue weighted by Gasteiger charge is -2.23. The molecule has 2 aromatic carbocycles. The predicted molar refractivity (Wildman–Crippen MR) is 98.7 cm³/mol. The molecule has 0 fully saturated rings. The molecule has 2 aromatic rings. The van der Waals surface area contributed by atoms with Gasteiger partial charge in [0.05, 0.1) is 30.3 Å². The summed E-state index contributed by atoms with van der Waals surface area (Å²) in [6.45, 7) is 6.68. The zero-order valence-electron chi connectivity index (χ0n) is 15.3. The van der Waals surface area contributed by atoms with Gasteiger partial charge in [-0.2, -0.15) is 5.26 Å². The molecule has 0 bridgehead atoms. The molecule has 5 heteroatoms. The van der Waals surface area contributed by atoms with Gasteiger partial charge in [-0.1, -0.05) is 26.8 Å². The molecule has 0 radical (unpaired) electrons. The van der Waals surface area contributed by atoms with Crippen LogP contribution in [0.3, 0.4) is 0 Å². The minimum atomic E-state index is -1.22. The summed E-state index contributed by atoms with van der Waals surface area (Å²) in [6, 6.07) is 13.1. The van der Waals surface area contributed by atoms with Crippen LogP contribution in [0.25, 0.3) is 0 Å². The molecule has 0 saturated carbocycles. The van der Waals surface area contributed by atoms with Gasteiger partial charge in [0.15, 0.2) is 0 Å². The first kappa shape index (κ1) is 19.3. The van der Waals surface area contributed by atoms with Crippen molar-refractivity contribution >= 4 is 11.7 Å². The Morgan fingerprint density at radius 2 is 1.92 bits per heavy atom. The highest BCUT2D eigenvalue weighted by atomic mass is 16.5. The molecule has 1 unspecified atom stereocenters. The van der Waals surface area contributed by atoms with E-state index in [1.165, 1.54) is 0 Å². The maximum atomic E-state index is 11.7. The summed E-state index contributed by atoms with van der Waals surface area (Å²) in [6.07, 6.45) is 0.766. The highest BCUT2D eigenvalue weighted by Crippen LogP contribution is 2.26. The fraction of sp³-hybridized carbons (Fsp3) is 0.333. The maximum Gasteiger partial charge on any atom is 0.119 e. The van der Waals surface area contributed by atoms with E-state index >= 15 is 0 Å². The molecular formula is C21H23N2O3-. The monoisotopic (exact) mass is 351 g/mol. The van der Waals surface area contributed by atoms with Crippen molar-refractivity contribution in [3.63, 3.8) is 0 Å². The van der Waals surface area contributed by atoms with Gasteiger partial charge in [-0.05, 0) is 59.9 Å². The number of nitriles is 1. The topological polar surface area (TPSA) is 85.2 Å². The number of hydrogen-bond donors (Lipinski definition) is 1. The number of rotatable bonds is 8. The molecule has 5 nitrogen and oxygen atoms in total. The van der Waals surface area contributed by atoms with Gasteiger partial charge in [0, 0.05) is 5.69 Å². The number of carbonyl (C=O) groups is 1. The molecule has 1 atom stereocenters. The standard InChI is InChI=1S/C21H24N2O3/c1-4-15-9-17(11-19(10-15)26-13-14(2)3)20(21(24)25)23-18-7-5-16(12-22)6-8-18/h5-11,14,20,23H,4,13H2,1-3H3,(H,24,25)/p-1. The predicted octanol–water partition coefficient (Wildman–Crippen LogP) is 3.06. The SMILES string of the molecule is CCc1cc(OCC(C)C)cc(C(Nc2ccc(C#N)cc2)C(=O)[O-])c1. The zero-order valence-corrected chi connectivity index (χ0v) is 15.3. The Labute approximate surface area is 154 Å². The van der Waals surface area contributed by atoms with Gasteiger partial charge in [-0.15, -0.1) is 0 Å². The second-order valence-corrected chi connectivity index (χ2v) is 6.55. The number of ether oxygens (including phenoxy) is 1. The van der Waals surface area contributed by atoms with Crippen molar-refractivity contribution in [1.29, 1.82) is 5.26 Å². The maximum absolute atomic E-state index is 11.7. The summed E-state index contributed by atoms with van der Waals surface area (Å²) in [7, 11) is 0. The Bertz CT molecular complexity index is 792. The largest absolute Gasteiger partial charge is 0.548 e. The van der Waals surface area contributed by atoms with Gasteiger partial charge in [0.2, 0.25) is 0 Å². The zero-order chi connectivity index (χ0) is 19.1. The van der Waals surface area contributed by atoms with E-state index in [9.17, 15) is 9.90 Å². The van der Waals surface area contributed by atoms with Crippen LogP contribution in [0.2, 0.25) is 0 Å². The number of anilines is 1. The molecule has 26 heavy (non-hydrogen) atoms. The number of hydrogen-bond acceptors (Lipinski definition) is 5. The Morgan fingerprint density at radius 1 is 1.23 bits per heavy atom. The minimum absolute atomic E-state index is 0.373. The smallest absolute Gasteiger partial charge is 0.119 e. The average molecular weight is 351 g/mol. The van der Waals surface area contributed by atoms with E-state index < -0.39 is 12.0 Å². The summed E-state index contributed by atoms with van der Waals surface area (Å²) < 4.78 is 5.78. The van der Waals surface area contributed by atoms with E-state index in [1.54, 1.807) is 30.3 Å². The highest BCUT2D eigenvalue weighted by Gasteiger charge is 2.15. The van der Waals surface area contributed by atoms with Crippen LogP contribution in [-0.2, 0) is 11.2 Å². The normalized spacial score (nSPS) is 11.7. The molecule has 0 aliphatic heterocycles. The number of nitrogens with zero attached hydrogens (tertiary/aromatic N) is 1. The number of carboxylic acids is 1. The third kappa shape index (κ3) is 5.25. The average Bonchev–Trinajstić information content (AvgIpc) is 2.64. The Balaban J connectivity index is 2.31. The van der Waals surface area contributed by atoms with E-state index in [-0.39, 0.29) is 0 Å². The van der Waals surface area contributed by atoms with Crippen molar-refractivity contribution in [2.24, 2.45) is 5.92 Å². The van der Waals surface area contributed by atoms with Gasteiger partial charge < -0.3 is 20.0 Å². The van der Waals surface area contributed by atoms with Crippen molar-refractivity contribution in [2.75, 3.05) is 11.9 Å². The van der Waals surface area contributed by atoms with Crippen LogP contribution in [-0.4, -0.2) is 12.6 Å². The van der Waals surface area contributed by atoms with Gasteiger partial charge in [0.1, 0.15) is 5.75 Å². The fourth-order valence-electron chi connectivity index (χ4n) is 2.49. The van der Waals surface area contributed by atoms with E-state index in [4.69, 9.17) is 10.00 Å². The van der Waals surface area contributed by atoms with Gasteiger partial charge in [0.25, 0.3) is 0 Å². The van der Waals surface area contributed by atoms with E-state index in [2.05, 4.69) is 19.2 Å². The quantitative estimate of drug-likeness (QED) is 0.790. The number of benzene rings is 2. The van der Waals surface area contributed by atoms with Crippen LogP contribution in [0.4, 0.5) is 5.69 Å². The van der Waals surface area contributed by atoms with Crippen molar-refractivity contribution in [1.82, 2.24) is 0 Å². The highest BCUT2D eigenvalue weighted by molar-refractivity contribution is 5.78. The second-order valence-electron chi connectivity index (χ2n) is 6.55. The van der Waals surface area contributed by atoms with Crippen LogP contribution >= 0.6 is 0 Å². The molecule has 0 aromatic heterocycles. The molecular weight excluding hydrogens is 328 g/mol. The number of nitrogens with one attached hydrogen (secondary N) is 1. The van der Waals surface area contributed by atoms with Crippen LogP contribution in [0.5, 0.6) is 5.75 Å². The first-order valence-corrected chi connectivity index (χ1v) is 8.67. The van der Waals surface area contributed by atoms with Crippen molar-refractivity contribution in [2.45, 2.75) is 33.2 Å². The van der Waals surface area contributed by atoms with Crippen molar-refractivity contribution in [3.05, 3.63) is 59.2 Å². The molecule has 0 saturated heterocycles. The first-order chi connectivity index (χ1) is 12.4. The number of carboxylic acid groups (broad SMARTS) is 1. The summed E-state index contributed by atoms with van der Waals surface area (Å²) >= 11 is 0. The molecule has 1 N–H and O–H groups in total. The lowest BCUT2D eigenvalue weighted by Crippen LogP contribution is -2.34. The summed E-state index contributed by atoms with van der Waals surface area (Å²) in [5, 5.41) is 23.6. The fourth-order valence-corrected chi connectivity index (χ4v) is 2.49. The number of aryl methyl sites for hydroxylation is 1. The third-order valence-corrected chi connectivity index (χ3v) is 3.87. The van der Waals surface area contributed by atoms with Crippen LogP contribution < -0.4 is 15.2 Å². The Hall–Kier alpha value is -3.00. The molecule has 0 heterocycles. The third-order valence-electron chi connectivity index (χ3n) is 3.87. The van der Waals surface area contributed by atoms with Crippen molar-refractivity contribution < 1.29 is 14.6 Å². The molecule has 0 aliphatic carbocycles. The number of aliphatic carboxylic acids is 1. The van der Waals surface area contributed by atoms with Crippen LogP contribution in [0, 0.1) is 17.2 Å². The lowest BCUT2D eigenvalue weighted by atomic mass is 10.0. The number of carbonyl (C=O) groups excluding carboxylic acids is 1. The van der Waals surface area contributed by atoms with Gasteiger partial charge >= 0.3 is 0 Å². The van der Waals surface area contributed by atoms with Crippen molar-refractivity contribution in [3.8, 4) is 11.8 Å². The first-order valence-electron chi connectivity index (χ1n) is 8.67. The molecule has 2 rings (SSSR count). The molecule has 136 valence electrons. The van der Waals surface area contributed by atoms with Crippen LogP contribution in [0.15, 0.2) is 42.5 Å². The Kier molecular flexibility index (Phi) is 6.62. The lowest BCUT2D eigenvalue weighted by molar-refractivity contribution is -0.307. The summed E-state index contributed by atoms with van der Waals surface area (Å²) in [5.74, 6) is -0.198. The van der Waals surface area contributed by atoms with E-state index in [0.717, 1.165) is 12.0 Å². The van der Waals surface area contributed by atoms with E-state index in [0.29, 0.717) is 35.1 Å². The molecule has 0 aliphatic rings.